The van der Waals surface area contributed by atoms with Crippen LogP contribution in [0.3, 0.4) is 0 Å². The van der Waals surface area contributed by atoms with Gasteiger partial charge in [0.2, 0.25) is 0 Å². The van der Waals surface area contributed by atoms with E-state index in [0.717, 1.165) is 17.1 Å². The van der Waals surface area contributed by atoms with Gasteiger partial charge in [-0.2, -0.15) is 0 Å². The highest BCUT2D eigenvalue weighted by atomic mass is 15.0. The molecular formula is C44H29N3. The van der Waals surface area contributed by atoms with E-state index in [9.17, 15) is 0 Å². The van der Waals surface area contributed by atoms with Crippen LogP contribution in [0.25, 0.3) is 82.8 Å². The average molecular weight is 600 g/mol. The Balaban J connectivity index is 1.30. The van der Waals surface area contributed by atoms with Crippen molar-refractivity contribution in [2.75, 3.05) is 0 Å². The fraction of sp³-hybridized carbons (Fsp3) is 0. The number of para-hydroxylation sites is 4. The fourth-order valence-corrected chi connectivity index (χ4v) is 7.66. The minimum atomic E-state index is 1.14. The predicted octanol–water partition coefficient (Wildman–Crippen LogP) is 11.5. The second-order valence-electron chi connectivity index (χ2n) is 12.2. The standard InChI is InChI=1S/C44H29N3/c1-3-14-30(15-4-1)43-29-38-42(45(43)31-16-5-2-6-17-31)27-26-37-36-22-9-12-25-41(36)47(44(37)38)33-19-13-18-32(28-33)46-39-23-10-7-20-34(39)35-21-8-11-24-40(35)46/h1-29H. The first-order valence-electron chi connectivity index (χ1n) is 16.1. The second kappa shape index (κ2) is 10.1. The zero-order chi connectivity index (χ0) is 30.9. The lowest BCUT2D eigenvalue weighted by Crippen LogP contribution is -1.99. The summed E-state index contributed by atoms with van der Waals surface area (Å²) < 4.78 is 7.27. The zero-order valence-corrected chi connectivity index (χ0v) is 25.6. The molecule has 0 saturated carbocycles. The number of benzene rings is 7. The molecule has 0 saturated heterocycles. The van der Waals surface area contributed by atoms with E-state index in [0.29, 0.717) is 0 Å². The smallest absolute Gasteiger partial charge is 0.0635 e. The Morgan fingerprint density at radius 3 is 1.43 bits per heavy atom. The van der Waals surface area contributed by atoms with E-state index < -0.39 is 0 Å². The van der Waals surface area contributed by atoms with E-state index in [2.05, 4.69) is 190 Å². The monoisotopic (exact) mass is 599 g/mol. The first kappa shape index (κ1) is 26.0. The zero-order valence-electron chi connectivity index (χ0n) is 25.6. The molecule has 3 nitrogen and oxygen atoms in total. The topological polar surface area (TPSA) is 14.8 Å². The van der Waals surface area contributed by atoms with Crippen LogP contribution in [-0.2, 0) is 0 Å². The summed E-state index contributed by atoms with van der Waals surface area (Å²) in [5, 5.41) is 6.26. The molecule has 3 heteroatoms. The summed E-state index contributed by atoms with van der Waals surface area (Å²) in [5.74, 6) is 0. The number of nitrogens with zero attached hydrogens (tertiary/aromatic N) is 3. The maximum atomic E-state index is 2.47. The van der Waals surface area contributed by atoms with Gasteiger partial charge >= 0.3 is 0 Å². The van der Waals surface area contributed by atoms with Crippen LogP contribution in [0.2, 0.25) is 0 Å². The molecule has 220 valence electrons. The van der Waals surface area contributed by atoms with E-state index in [1.807, 2.05) is 0 Å². The Labute approximate surface area is 271 Å². The quantitative estimate of drug-likeness (QED) is 0.191. The summed E-state index contributed by atoms with van der Waals surface area (Å²) >= 11 is 0. The summed E-state index contributed by atoms with van der Waals surface area (Å²) in [5.41, 5.74) is 11.8. The molecule has 0 bridgehead atoms. The molecule has 0 aliphatic rings. The lowest BCUT2D eigenvalue weighted by atomic mass is 10.1. The van der Waals surface area contributed by atoms with Crippen LogP contribution in [0.1, 0.15) is 0 Å². The van der Waals surface area contributed by atoms with E-state index in [1.165, 1.54) is 65.8 Å². The Morgan fingerprint density at radius 2 is 0.766 bits per heavy atom. The fourth-order valence-electron chi connectivity index (χ4n) is 7.66. The van der Waals surface area contributed by atoms with Gasteiger partial charge in [-0.3, -0.25) is 0 Å². The number of hydrogen-bond donors (Lipinski definition) is 0. The maximum Gasteiger partial charge on any atom is 0.0635 e. The molecule has 0 atom stereocenters. The first-order valence-corrected chi connectivity index (χ1v) is 16.1. The van der Waals surface area contributed by atoms with Gasteiger partial charge in [-0.05, 0) is 66.2 Å². The molecule has 0 unspecified atom stereocenters. The van der Waals surface area contributed by atoms with Gasteiger partial charge in [0.25, 0.3) is 0 Å². The van der Waals surface area contributed by atoms with Gasteiger partial charge < -0.3 is 13.7 Å². The van der Waals surface area contributed by atoms with E-state index in [-0.39, 0.29) is 0 Å². The van der Waals surface area contributed by atoms with Crippen molar-refractivity contribution in [1.82, 2.24) is 13.7 Å². The molecule has 47 heavy (non-hydrogen) atoms. The van der Waals surface area contributed by atoms with Crippen molar-refractivity contribution in [1.29, 1.82) is 0 Å². The van der Waals surface area contributed by atoms with E-state index in [1.54, 1.807) is 0 Å². The van der Waals surface area contributed by atoms with Gasteiger partial charge in [-0.15, -0.1) is 0 Å². The van der Waals surface area contributed by atoms with Gasteiger partial charge in [-0.1, -0.05) is 115 Å². The van der Waals surface area contributed by atoms with Crippen LogP contribution >= 0.6 is 0 Å². The van der Waals surface area contributed by atoms with Crippen LogP contribution in [0.4, 0.5) is 0 Å². The molecule has 0 aliphatic carbocycles. The highest BCUT2D eigenvalue weighted by Gasteiger charge is 2.21. The van der Waals surface area contributed by atoms with Crippen molar-refractivity contribution < 1.29 is 0 Å². The third-order valence-corrected chi connectivity index (χ3v) is 9.63. The van der Waals surface area contributed by atoms with Crippen molar-refractivity contribution in [3.8, 4) is 28.3 Å². The largest absolute Gasteiger partial charge is 0.309 e. The van der Waals surface area contributed by atoms with Crippen molar-refractivity contribution in [3.63, 3.8) is 0 Å². The number of hydrogen-bond acceptors (Lipinski definition) is 0. The Morgan fingerprint density at radius 1 is 0.277 bits per heavy atom. The van der Waals surface area contributed by atoms with Crippen LogP contribution in [0.5, 0.6) is 0 Å². The SMILES string of the molecule is c1ccc(-c2cc3c(ccc4c5ccccc5n(-c5cccc(-n6c7ccccc7c7ccccc76)c5)c43)n2-c2ccccc2)cc1. The number of rotatable bonds is 4. The van der Waals surface area contributed by atoms with Crippen LogP contribution < -0.4 is 0 Å². The van der Waals surface area contributed by atoms with E-state index >= 15 is 0 Å². The van der Waals surface area contributed by atoms with Gasteiger partial charge in [0, 0.05) is 44.0 Å². The second-order valence-corrected chi connectivity index (χ2v) is 12.2. The lowest BCUT2D eigenvalue weighted by molar-refractivity contribution is 1.13. The maximum absolute atomic E-state index is 2.47. The van der Waals surface area contributed by atoms with Crippen molar-refractivity contribution in [3.05, 3.63) is 176 Å². The summed E-state index contributed by atoms with van der Waals surface area (Å²) in [6.45, 7) is 0. The van der Waals surface area contributed by atoms with Crippen LogP contribution in [-0.4, -0.2) is 13.7 Å². The normalized spacial score (nSPS) is 11.8. The van der Waals surface area contributed by atoms with Gasteiger partial charge in [0.05, 0.1) is 33.3 Å². The molecule has 7 aromatic carbocycles. The number of fused-ring (bicyclic) bond motifs is 8. The molecule has 0 N–H and O–H groups in total. The Hall–Kier alpha value is -6.32. The van der Waals surface area contributed by atoms with Crippen molar-refractivity contribution in [2.45, 2.75) is 0 Å². The van der Waals surface area contributed by atoms with Gasteiger partial charge in [-0.25, -0.2) is 0 Å². The molecule has 3 aromatic heterocycles. The van der Waals surface area contributed by atoms with Crippen LogP contribution in [0.15, 0.2) is 176 Å². The molecule has 10 aromatic rings. The average Bonchev–Trinajstić information content (AvgIpc) is 3.81. The van der Waals surface area contributed by atoms with E-state index in [4.69, 9.17) is 0 Å². The molecule has 0 spiro atoms. The van der Waals surface area contributed by atoms with Crippen molar-refractivity contribution >= 4 is 54.5 Å². The summed E-state index contributed by atoms with van der Waals surface area (Å²) in [4.78, 5) is 0. The highest BCUT2D eigenvalue weighted by Crippen LogP contribution is 2.41. The molecule has 3 heterocycles. The van der Waals surface area contributed by atoms with Gasteiger partial charge in [0.15, 0.2) is 0 Å². The summed E-state index contributed by atoms with van der Waals surface area (Å²) in [6, 6.07) is 63.7. The molecule has 0 fully saturated rings. The molecule has 10 rings (SSSR count). The molecular weight excluding hydrogens is 571 g/mol. The third-order valence-electron chi connectivity index (χ3n) is 9.63. The molecule has 0 radical (unpaired) electrons. The summed E-state index contributed by atoms with van der Waals surface area (Å²) in [7, 11) is 0. The third kappa shape index (κ3) is 3.81. The van der Waals surface area contributed by atoms with Gasteiger partial charge in [0.1, 0.15) is 0 Å². The molecule has 0 amide bonds. The molecule has 0 aliphatic heterocycles. The predicted molar refractivity (Wildman–Crippen MR) is 197 cm³/mol. The minimum Gasteiger partial charge on any atom is -0.309 e. The minimum absolute atomic E-state index is 1.14. The first-order chi connectivity index (χ1) is 23.3. The number of aromatic nitrogens is 3. The van der Waals surface area contributed by atoms with Crippen LogP contribution in [0, 0.1) is 0 Å². The van der Waals surface area contributed by atoms with Crippen molar-refractivity contribution in [2.24, 2.45) is 0 Å². The highest BCUT2D eigenvalue weighted by molar-refractivity contribution is 6.19. The lowest BCUT2D eigenvalue weighted by Gasteiger charge is -2.13. The Kier molecular flexibility index (Phi) is 5.57. The Bertz CT molecular complexity index is 2720. The summed E-state index contributed by atoms with van der Waals surface area (Å²) in [6.07, 6.45) is 0.